The number of hydrogen-bond acceptors (Lipinski definition) is 4. The second-order valence-electron chi connectivity index (χ2n) is 4.48. The van der Waals surface area contributed by atoms with Crippen LogP contribution in [0.1, 0.15) is 13.8 Å². The highest BCUT2D eigenvalue weighted by Crippen LogP contribution is 2.16. The Morgan fingerprint density at radius 3 is 2.07 bits per heavy atom. The summed E-state index contributed by atoms with van der Waals surface area (Å²) in [7, 11) is 7.65. The lowest BCUT2D eigenvalue weighted by Gasteiger charge is -2.37. The van der Waals surface area contributed by atoms with Crippen molar-refractivity contribution in [2.75, 3.05) is 34.7 Å². The van der Waals surface area contributed by atoms with E-state index in [1.54, 1.807) is 6.92 Å². The third kappa shape index (κ3) is 4.44. The molecule has 1 unspecified atom stereocenters. The molecule has 0 aliphatic carbocycles. The molecule has 4 heteroatoms. The van der Waals surface area contributed by atoms with E-state index in [0.717, 1.165) is 0 Å². The van der Waals surface area contributed by atoms with Crippen LogP contribution in [0, 0.1) is 0 Å². The molecule has 0 aromatic rings. The SMILES string of the molecule is C=C(C)C(=O)OC(C)(CN(C)C)N(C)C. The minimum atomic E-state index is -0.625. The Hall–Kier alpha value is -0.870. The van der Waals surface area contributed by atoms with E-state index in [0.29, 0.717) is 12.1 Å². The molecule has 1 atom stereocenters. The fraction of sp³-hybridized carbons (Fsp3) is 0.727. The molecule has 0 spiro atoms. The summed E-state index contributed by atoms with van der Waals surface area (Å²) in [6.07, 6.45) is 0. The average Bonchev–Trinajstić information content (AvgIpc) is 2.01. The highest BCUT2D eigenvalue weighted by Gasteiger charge is 2.32. The second-order valence-corrected chi connectivity index (χ2v) is 4.48. The molecule has 0 saturated heterocycles. The third-order valence-electron chi connectivity index (χ3n) is 2.22. The molecule has 0 aliphatic rings. The lowest BCUT2D eigenvalue weighted by Crippen LogP contribution is -2.52. The number of esters is 1. The minimum absolute atomic E-state index is 0.354. The highest BCUT2D eigenvalue weighted by molar-refractivity contribution is 5.87. The van der Waals surface area contributed by atoms with E-state index in [1.165, 1.54) is 0 Å². The number of hydrogen-bond donors (Lipinski definition) is 0. The van der Waals surface area contributed by atoms with Crippen molar-refractivity contribution in [2.24, 2.45) is 0 Å². The minimum Gasteiger partial charge on any atom is -0.439 e. The molecule has 0 radical (unpaired) electrons. The van der Waals surface area contributed by atoms with Gasteiger partial charge in [0.1, 0.15) is 0 Å². The molecular weight excluding hydrogens is 192 g/mol. The van der Waals surface area contributed by atoms with Gasteiger partial charge in [0.25, 0.3) is 0 Å². The molecule has 0 amide bonds. The molecule has 0 heterocycles. The summed E-state index contributed by atoms with van der Waals surface area (Å²) in [5.41, 5.74) is -0.207. The highest BCUT2D eigenvalue weighted by atomic mass is 16.6. The van der Waals surface area contributed by atoms with Gasteiger partial charge in [-0.25, -0.2) is 4.79 Å². The average molecular weight is 214 g/mol. The maximum absolute atomic E-state index is 11.5. The molecular formula is C11H22N2O2. The first-order valence-electron chi connectivity index (χ1n) is 4.90. The summed E-state index contributed by atoms with van der Waals surface area (Å²) >= 11 is 0. The first-order chi connectivity index (χ1) is 6.69. The van der Waals surface area contributed by atoms with Gasteiger partial charge in [0.05, 0.1) is 6.54 Å². The summed E-state index contributed by atoms with van der Waals surface area (Å²) < 4.78 is 5.42. The Morgan fingerprint density at radius 1 is 1.33 bits per heavy atom. The number of likely N-dealkylation sites (N-methyl/N-ethyl adjacent to an activating group) is 2. The third-order valence-corrected chi connectivity index (χ3v) is 2.22. The maximum atomic E-state index is 11.5. The molecule has 0 aliphatic heterocycles. The van der Waals surface area contributed by atoms with Gasteiger partial charge in [-0.1, -0.05) is 6.58 Å². The molecule has 0 aromatic heterocycles. The molecule has 0 N–H and O–H groups in total. The molecule has 0 fully saturated rings. The van der Waals surface area contributed by atoms with Gasteiger partial charge in [0.2, 0.25) is 0 Å². The Labute approximate surface area is 92.5 Å². The predicted molar refractivity (Wildman–Crippen MR) is 61.6 cm³/mol. The van der Waals surface area contributed by atoms with Crippen molar-refractivity contribution in [3.05, 3.63) is 12.2 Å². The van der Waals surface area contributed by atoms with Crippen LogP contribution < -0.4 is 0 Å². The van der Waals surface area contributed by atoms with Crippen molar-refractivity contribution < 1.29 is 9.53 Å². The first kappa shape index (κ1) is 14.1. The van der Waals surface area contributed by atoms with E-state index >= 15 is 0 Å². The molecule has 0 saturated carbocycles. The number of nitrogens with zero attached hydrogens (tertiary/aromatic N) is 2. The number of carbonyl (C=O) groups excluding carboxylic acids is 1. The van der Waals surface area contributed by atoms with Crippen LogP contribution in [0.25, 0.3) is 0 Å². The van der Waals surface area contributed by atoms with E-state index in [9.17, 15) is 4.79 Å². The smallest absolute Gasteiger partial charge is 0.334 e. The van der Waals surface area contributed by atoms with Gasteiger partial charge in [-0.3, -0.25) is 4.90 Å². The molecule has 4 nitrogen and oxygen atoms in total. The maximum Gasteiger partial charge on any atom is 0.334 e. The van der Waals surface area contributed by atoms with Crippen molar-refractivity contribution in [3.8, 4) is 0 Å². The Kier molecular flexibility index (Phi) is 4.97. The fourth-order valence-electron chi connectivity index (χ4n) is 1.14. The van der Waals surface area contributed by atoms with Crippen LogP contribution in [0.2, 0.25) is 0 Å². The van der Waals surface area contributed by atoms with Crippen LogP contribution in [0.3, 0.4) is 0 Å². The van der Waals surface area contributed by atoms with Crippen molar-refractivity contribution >= 4 is 5.97 Å². The van der Waals surface area contributed by atoms with Crippen LogP contribution >= 0.6 is 0 Å². The molecule has 0 rings (SSSR count). The van der Waals surface area contributed by atoms with E-state index in [4.69, 9.17) is 4.74 Å². The molecule has 15 heavy (non-hydrogen) atoms. The van der Waals surface area contributed by atoms with Crippen LogP contribution in [0.5, 0.6) is 0 Å². The van der Waals surface area contributed by atoms with Gasteiger partial charge in [0.15, 0.2) is 5.72 Å². The van der Waals surface area contributed by atoms with Gasteiger partial charge in [0, 0.05) is 5.57 Å². The van der Waals surface area contributed by atoms with Gasteiger partial charge in [-0.05, 0) is 42.0 Å². The normalized spacial score (nSPS) is 15.2. The molecule has 88 valence electrons. The lowest BCUT2D eigenvalue weighted by atomic mass is 10.2. The van der Waals surface area contributed by atoms with E-state index in [2.05, 4.69) is 6.58 Å². The zero-order valence-corrected chi connectivity index (χ0v) is 10.6. The number of carbonyl (C=O) groups is 1. The summed E-state index contributed by atoms with van der Waals surface area (Å²) in [6.45, 7) is 7.74. The Bertz CT molecular complexity index is 249. The van der Waals surface area contributed by atoms with Gasteiger partial charge in [-0.15, -0.1) is 0 Å². The quantitative estimate of drug-likeness (QED) is 0.387. The number of rotatable bonds is 5. The summed E-state index contributed by atoms with van der Waals surface area (Å²) in [5.74, 6) is -0.354. The zero-order valence-electron chi connectivity index (χ0n) is 10.6. The standard InChI is InChI=1S/C11H22N2O2/c1-9(2)10(14)15-11(3,13(6)7)8-12(4)5/h1,8H2,2-7H3. The first-order valence-corrected chi connectivity index (χ1v) is 4.90. The molecule has 0 aromatic carbocycles. The van der Waals surface area contributed by atoms with Crippen LogP contribution in [0.15, 0.2) is 12.2 Å². The second kappa shape index (κ2) is 5.28. The molecule has 0 bridgehead atoms. The topological polar surface area (TPSA) is 32.8 Å². The van der Waals surface area contributed by atoms with Crippen molar-refractivity contribution in [1.82, 2.24) is 9.80 Å². The van der Waals surface area contributed by atoms with Crippen LogP contribution in [-0.2, 0) is 9.53 Å². The van der Waals surface area contributed by atoms with Crippen molar-refractivity contribution in [2.45, 2.75) is 19.6 Å². The lowest BCUT2D eigenvalue weighted by molar-refractivity contribution is -0.173. The van der Waals surface area contributed by atoms with Gasteiger partial charge >= 0.3 is 5.97 Å². The van der Waals surface area contributed by atoms with Gasteiger partial charge in [-0.2, -0.15) is 0 Å². The summed E-state index contributed by atoms with van der Waals surface area (Å²) in [6, 6.07) is 0. The Morgan fingerprint density at radius 2 is 1.80 bits per heavy atom. The van der Waals surface area contributed by atoms with Gasteiger partial charge < -0.3 is 9.64 Å². The predicted octanol–water partition coefficient (Wildman–Crippen LogP) is 0.945. The fourth-order valence-corrected chi connectivity index (χ4v) is 1.14. The van der Waals surface area contributed by atoms with Crippen LogP contribution in [-0.4, -0.2) is 56.2 Å². The van der Waals surface area contributed by atoms with Crippen molar-refractivity contribution in [1.29, 1.82) is 0 Å². The number of ether oxygens (including phenoxy) is 1. The van der Waals surface area contributed by atoms with E-state index in [1.807, 2.05) is 44.9 Å². The van der Waals surface area contributed by atoms with E-state index < -0.39 is 5.72 Å². The summed E-state index contributed by atoms with van der Waals surface area (Å²) in [5, 5.41) is 0. The van der Waals surface area contributed by atoms with Crippen LogP contribution in [0.4, 0.5) is 0 Å². The summed E-state index contributed by atoms with van der Waals surface area (Å²) in [4.78, 5) is 15.3. The van der Waals surface area contributed by atoms with Crippen molar-refractivity contribution in [3.63, 3.8) is 0 Å². The largest absolute Gasteiger partial charge is 0.439 e. The monoisotopic (exact) mass is 214 g/mol. The zero-order chi connectivity index (χ0) is 12.2. The van der Waals surface area contributed by atoms with E-state index in [-0.39, 0.29) is 5.97 Å². The Balaban J connectivity index is 4.66.